The number of rotatable bonds is 10. The van der Waals surface area contributed by atoms with E-state index >= 15 is 0 Å². The normalized spacial score (nSPS) is 15.0. The molecule has 1 saturated carbocycles. The monoisotopic (exact) mass is 441 g/mol. The van der Waals surface area contributed by atoms with E-state index in [1.807, 2.05) is 30.3 Å². The maximum Gasteiger partial charge on any atom is 0.287 e. The van der Waals surface area contributed by atoms with Crippen molar-refractivity contribution in [2.75, 3.05) is 26.8 Å². The molecule has 2 aromatic rings. The SMILES string of the molecule is COCCN(C(=O)CNC(=O)c1ccco1)[C@@H](C(=O)NC1CCCCC1)c1ccccc1. The molecule has 1 atom stereocenters. The molecule has 0 aliphatic heterocycles. The molecule has 3 amide bonds. The molecule has 2 N–H and O–H groups in total. The van der Waals surface area contributed by atoms with E-state index in [0.29, 0.717) is 5.56 Å². The first-order valence-electron chi connectivity index (χ1n) is 11.1. The highest BCUT2D eigenvalue weighted by Gasteiger charge is 2.32. The zero-order valence-electron chi connectivity index (χ0n) is 18.4. The molecule has 0 radical (unpaired) electrons. The van der Waals surface area contributed by atoms with Crippen LogP contribution in [0.2, 0.25) is 0 Å². The van der Waals surface area contributed by atoms with Crippen molar-refractivity contribution in [3.8, 4) is 0 Å². The summed E-state index contributed by atoms with van der Waals surface area (Å²) in [4.78, 5) is 40.3. The maximum atomic E-state index is 13.4. The van der Waals surface area contributed by atoms with Gasteiger partial charge in [-0.25, -0.2) is 0 Å². The third kappa shape index (κ3) is 6.43. The Morgan fingerprint density at radius 1 is 1.09 bits per heavy atom. The average Bonchev–Trinajstić information content (AvgIpc) is 3.36. The van der Waals surface area contributed by atoms with Gasteiger partial charge in [0.25, 0.3) is 5.91 Å². The molecule has 1 aromatic heterocycles. The van der Waals surface area contributed by atoms with Gasteiger partial charge in [0.15, 0.2) is 5.76 Å². The Balaban J connectivity index is 1.78. The van der Waals surface area contributed by atoms with Crippen molar-refractivity contribution in [1.82, 2.24) is 15.5 Å². The highest BCUT2D eigenvalue weighted by Crippen LogP contribution is 2.24. The summed E-state index contributed by atoms with van der Waals surface area (Å²) in [5.41, 5.74) is 0.711. The summed E-state index contributed by atoms with van der Waals surface area (Å²) in [7, 11) is 1.54. The number of hydrogen-bond acceptors (Lipinski definition) is 5. The Kier molecular flexibility index (Phi) is 8.86. The van der Waals surface area contributed by atoms with Crippen molar-refractivity contribution in [2.45, 2.75) is 44.2 Å². The molecule has 8 heteroatoms. The van der Waals surface area contributed by atoms with E-state index in [4.69, 9.17) is 9.15 Å². The van der Waals surface area contributed by atoms with Gasteiger partial charge >= 0.3 is 0 Å². The zero-order chi connectivity index (χ0) is 22.8. The molecule has 3 rings (SSSR count). The van der Waals surface area contributed by atoms with Gasteiger partial charge in [0, 0.05) is 19.7 Å². The highest BCUT2D eigenvalue weighted by molar-refractivity contribution is 5.95. The van der Waals surface area contributed by atoms with Crippen LogP contribution in [-0.2, 0) is 14.3 Å². The summed E-state index contributed by atoms with van der Waals surface area (Å²) in [6.07, 6.45) is 6.64. The Morgan fingerprint density at radius 3 is 2.50 bits per heavy atom. The van der Waals surface area contributed by atoms with Gasteiger partial charge in [-0.2, -0.15) is 0 Å². The Bertz CT molecular complexity index is 863. The summed E-state index contributed by atoms with van der Waals surface area (Å²) in [6.45, 7) is 0.213. The Labute approximate surface area is 188 Å². The number of carbonyl (C=O) groups is 3. The molecule has 172 valence electrons. The smallest absolute Gasteiger partial charge is 0.287 e. The zero-order valence-corrected chi connectivity index (χ0v) is 18.4. The summed E-state index contributed by atoms with van der Waals surface area (Å²) >= 11 is 0. The maximum absolute atomic E-state index is 13.4. The van der Waals surface area contributed by atoms with E-state index in [-0.39, 0.29) is 43.3 Å². The molecule has 1 aliphatic rings. The van der Waals surface area contributed by atoms with Crippen LogP contribution in [0.1, 0.15) is 54.3 Å². The molecule has 1 fully saturated rings. The molecule has 0 unspecified atom stereocenters. The number of carbonyl (C=O) groups excluding carboxylic acids is 3. The van der Waals surface area contributed by atoms with Crippen molar-refractivity contribution < 1.29 is 23.5 Å². The molecule has 8 nitrogen and oxygen atoms in total. The lowest BCUT2D eigenvalue weighted by Gasteiger charge is -2.33. The summed E-state index contributed by atoms with van der Waals surface area (Å²) in [5, 5.41) is 5.71. The van der Waals surface area contributed by atoms with Gasteiger partial charge in [0.05, 0.1) is 19.4 Å². The van der Waals surface area contributed by atoms with Gasteiger partial charge in [-0.3, -0.25) is 14.4 Å². The predicted molar refractivity (Wildman–Crippen MR) is 119 cm³/mol. The van der Waals surface area contributed by atoms with Gasteiger partial charge in [-0.1, -0.05) is 49.6 Å². The number of nitrogens with one attached hydrogen (secondary N) is 2. The topological polar surface area (TPSA) is 101 Å². The summed E-state index contributed by atoms with van der Waals surface area (Å²) in [5.74, 6) is -0.964. The van der Waals surface area contributed by atoms with Crippen LogP contribution >= 0.6 is 0 Å². The number of benzene rings is 1. The fourth-order valence-electron chi connectivity index (χ4n) is 3.97. The second kappa shape index (κ2) is 12.0. The minimum atomic E-state index is -0.818. The molecule has 0 saturated heterocycles. The number of methoxy groups -OCH3 is 1. The molecule has 1 heterocycles. The predicted octanol–water partition coefficient (Wildman–Crippen LogP) is 2.67. The Morgan fingerprint density at radius 2 is 1.84 bits per heavy atom. The van der Waals surface area contributed by atoms with Gasteiger partial charge in [-0.15, -0.1) is 0 Å². The van der Waals surface area contributed by atoms with Gasteiger partial charge in [0.1, 0.15) is 6.04 Å². The second-order valence-electron chi connectivity index (χ2n) is 7.90. The largest absolute Gasteiger partial charge is 0.459 e. The van der Waals surface area contributed by atoms with Gasteiger partial charge in [-0.05, 0) is 30.5 Å². The minimum Gasteiger partial charge on any atom is -0.459 e. The van der Waals surface area contributed by atoms with Gasteiger partial charge < -0.3 is 24.7 Å². The first kappa shape index (κ1) is 23.5. The van der Waals surface area contributed by atoms with Crippen LogP contribution in [0.25, 0.3) is 0 Å². The van der Waals surface area contributed by atoms with Crippen LogP contribution in [0, 0.1) is 0 Å². The van der Waals surface area contributed by atoms with Crippen LogP contribution in [0.15, 0.2) is 53.1 Å². The first-order valence-corrected chi connectivity index (χ1v) is 11.1. The van der Waals surface area contributed by atoms with E-state index in [2.05, 4.69) is 10.6 Å². The second-order valence-corrected chi connectivity index (χ2v) is 7.90. The first-order chi connectivity index (χ1) is 15.6. The molecular formula is C24H31N3O5. The Hall–Kier alpha value is -3.13. The summed E-state index contributed by atoms with van der Waals surface area (Å²) in [6, 6.07) is 11.6. The number of ether oxygens (including phenoxy) is 1. The third-order valence-electron chi connectivity index (χ3n) is 5.63. The van der Waals surface area contributed by atoms with E-state index in [1.165, 1.54) is 23.7 Å². The van der Waals surface area contributed by atoms with Crippen LogP contribution in [0.4, 0.5) is 0 Å². The summed E-state index contributed by atoms with van der Waals surface area (Å²) < 4.78 is 10.3. The van der Waals surface area contributed by atoms with E-state index in [1.54, 1.807) is 13.2 Å². The molecular weight excluding hydrogens is 410 g/mol. The van der Waals surface area contributed by atoms with Crippen LogP contribution in [0.3, 0.4) is 0 Å². The average molecular weight is 442 g/mol. The molecule has 32 heavy (non-hydrogen) atoms. The van der Waals surface area contributed by atoms with Crippen molar-refractivity contribution in [2.24, 2.45) is 0 Å². The van der Waals surface area contributed by atoms with Gasteiger partial charge in [0.2, 0.25) is 11.8 Å². The third-order valence-corrected chi connectivity index (χ3v) is 5.63. The van der Waals surface area contributed by atoms with E-state index < -0.39 is 11.9 Å². The van der Waals surface area contributed by atoms with Crippen molar-refractivity contribution in [3.63, 3.8) is 0 Å². The number of furan rings is 1. The minimum absolute atomic E-state index is 0.112. The number of amides is 3. The number of hydrogen-bond donors (Lipinski definition) is 2. The van der Waals surface area contributed by atoms with E-state index in [9.17, 15) is 14.4 Å². The standard InChI is InChI=1S/C24H31N3O5/c1-31-16-14-27(21(28)17-25-23(29)20-13-8-15-32-20)22(18-9-4-2-5-10-18)24(30)26-19-11-6-3-7-12-19/h2,4-5,8-10,13,15,19,22H,3,6-7,11-12,14,16-17H2,1H3,(H,25,29)(H,26,30)/t22-/m1/s1. The van der Waals surface area contributed by atoms with Crippen molar-refractivity contribution in [1.29, 1.82) is 0 Å². The molecule has 0 bridgehead atoms. The van der Waals surface area contributed by atoms with Crippen LogP contribution in [0.5, 0.6) is 0 Å². The van der Waals surface area contributed by atoms with E-state index in [0.717, 1.165) is 25.7 Å². The van der Waals surface area contributed by atoms with Crippen LogP contribution in [-0.4, -0.2) is 55.5 Å². The quantitative estimate of drug-likeness (QED) is 0.590. The lowest BCUT2D eigenvalue weighted by molar-refractivity contribution is -0.141. The lowest BCUT2D eigenvalue weighted by Crippen LogP contribution is -2.50. The van der Waals surface area contributed by atoms with Crippen LogP contribution < -0.4 is 10.6 Å². The molecule has 1 aromatic carbocycles. The molecule has 0 spiro atoms. The number of nitrogens with zero attached hydrogens (tertiary/aromatic N) is 1. The highest BCUT2D eigenvalue weighted by atomic mass is 16.5. The molecule has 1 aliphatic carbocycles. The fraction of sp³-hybridized carbons (Fsp3) is 0.458. The van der Waals surface area contributed by atoms with Crippen molar-refractivity contribution in [3.05, 3.63) is 60.1 Å². The fourth-order valence-corrected chi connectivity index (χ4v) is 3.97. The lowest BCUT2D eigenvalue weighted by atomic mass is 9.94. The van der Waals surface area contributed by atoms with Crippen molar-refractivity contribution >= 4 is 17.7 Å².